The van der Waals surface area contributed by atoms with Crippen molar-refractivity contribution >= 4 is 34.7 Å². The first-order valence-electron chi connectivity index (χ1n) is 10.6. The number of ether oxygens (including phenoxy) is 2. The predicted octanol–water partition coefficient (Wildman–Crippen LogP) is 5.68. The summed E-state index contributed by atoms with van der Waals surface area (Å²) in [6, 6.07) is 24.2. The van der Waals surface area contributed by atoms with Crippen LogP contribution in [0.25, 0.3) is 11.1 Å². The fourth-order valence-electron chi connectivity index (χ4n) is 4.35. The Morgan fingerprint density at radius 1 is 0.750 bits per heavy atom. The Morgan fingerprint density at radius 2 is 1.31 bits per heavy atom. The number of hydrogen-bond donors (Lipinski definition) is 0. The van der Waals surface area contributed by atoms with Crippen molar-refractivity contribution in [2.75, 3.05) is 13.2 Å². The van der Waals surface area contributed by atoms with Gasteiger partial charge in [0.1, 0.15) is 0 Å². The molecular weight excluding hydrogens is 424 g/mol. The Kier molecular flexibility index (Phi) is 6.15. The van der Waals surface area contributed by atoms with Crippen molar-refractivity contribution in [1.29, 1.82) is 0 Å². The molecule has 0 unspecified atom stereocenters. The van der Waals surface area contributed by atoms with Gasteiger partial charge in [0.05, 0.1) is 13.2 Å². The van der Waals surface area contributed by atoms with E-state index in [0.29, 0.717) is 16.2 Å². The first-order chi connectivity index (χ1) is 15.6. The molecular formula is C27H23ClO4. The molecule has 3 aromatic rings. The van der Waals surface area contributed by atoms with E-state index in [1.807, 2.05) is 60.7 Å². The Bertz CT molecular complexity index is 1160. The molecule has 1 aliphatic rings. The minimum Gasteiger partial charge on any atom is -0.465 e. The Morgan fingerprint density at radius 3 is 1.91 bits per heavy atom. The number of carbonyl (C=O) groups excluding carboxylic acids is 2. The Hall–Kier alpha value is -3.37. The zero-order valence-electron chi connectivity index (χ0n) is 17.9. The second-order valence-electron chi connectivity index (χ2n) is 7.36. The van der Waals surface area contributed by atoms with E-state index in [1.165, 1.54) is 0 Å². The molecule has 0 aliphatic heterocycles. The van der Waals surface area contributed by atoms with Crippen molar-refractivity contribution < 1.29 is 19.1 Å². The third-order valence-corrected chi connectivity index (χ3v) is 5.84. The molecule has 0 spiro atoms. The lowest BCUT2D eigenvalue weighted by Gasteiger charge is -2.29. The van der Waals surface area contributed by atoms with Gasteiger partial charge in [0.15, 0.2) is 0 Å². The summed E-state index contributed by atoms with van der Waals surface area (Å²) in [5.74, 6) is -1.29. The van der Waals surface area contributed by atoms with Gasteiger partial charge in [0.25, 0.3) is 0 Å². The second-order valence-corrected chi connectivity index (χ2v) is 7.80. The average molecular weight is 447 g/mol. The maximum absolute atomic E-state index is 13.7. The van der Waals surface area contributed by atoms with Crippen LogP contribution >= 0.6 is 11.6 Å². The molecule has 0 atom stereocenters. The molecule has 32 heavy (non-hydrogen) atoms. The van der Waals surface area contributed by atoms with E-state index < -0.39 is 17.4 Å². The van der Waals surface area contributed by atoms with Crippen LogP contribution in [0, 0.1) is 0 Å². The number of rotatable bonds is 6. The molecule has 0 saturated carbocycles. The summed E-state index contributed by atoms with van der Waals surface area (Å²) in [7, 11) is 0. The van der Waals surface area contributed by atoms with Crippen LogP contribution in [-0.4, -0.2) is 25.2 Å². The smallest absolute Gasteiger partial charge is 0.332 e. The van der Waals surface area contributed by atoms with E-state index >= 15 is 0 Å². The van der Waals surface area contributed by atoms with Crippen molar-refractivity contribution in [2.45, 2.75) is 19.3 Å². The summed E-state index contributed by atoms with van der Waals surface area (Å²) in [6.07, 6.45) is 0. The SMILES string of the molecule is CCOC(=O)C1(C(=O)OCC)C(c2ccccc2)=C(c2ccc(Cl)cc2)c2ccccc21. The van der Waals surface area contributed by atoms with Gasteiger partial charge >= 0.3 is 11.9 Å². The summed E-state index contributed by atoms with van der Waals surface area (Å²) < 4.78 is 11.0. The molecule has 0 amide bonds. The number of hydrogen-bond acceptors (Lipinski definition) is 4. The lowest BCUT2D eigenvalue weighted by atomic mass is 9.74. The molecule has 4 rings (SSSR count). The lowest BCUT2D eigenvalue weighted by molar-refractivity contribution is -0.161. The van der Waals surface area contributed by atoms with Crippen LogP contribution in [0.3, 0.4) is 0 Å². The van der Waals surface area contributed by atoms with Gasteiger partial charge in [-0.15, -0.1) is 0 Å². The van der Waals surface area contributed by atoms with Crippen LogP contribution in [0.15, 0.2) is 78.9 Å². The lowest BCUT2D eigenvalue weighted by Crippen LogP contribution is -2.46. The number of esters is 2. The molecule has 0 bridgehead atoms. The van der Waals surface area contributed by atoms with E-state index in [4.69, 9.17) is 21.1 Å². The summed E-state index contributed by atoms with van der Waals surface area (Å²) in [5, 5.41) is 0.601. The Balaban J connectivity index is 2.16. The van der Waals surface area contributed by atoms with Gasteiger partial charge < -0.3 is 9.47 Å². The standard InChI is InChI=1S/C27H23ClO4/c1-3-31-25(29)27(26(30)32-4-2)22-13-9-8-12-21(22)23(18-14-16-20(28)17-15-18)24(27)19-10-6-5-7-11-19/h5-17H,3-4H2,1-2H3. The zero-order valence-corrected chi connectivity index (χ0v) is 18.7. The molecule has 0 aromatic heterocycles. The summed E-state index contributed by atoms with van der Waals surface area (Å²) in [5.41, 5.74) is 2.53. The number of halogens is 1. The van der Waals surface area contributed by atoms with E-state index in [0.717, 1.165) is 22.3 Å². The molecule has 162 valence electrons. The van der Waals surface area contributed by atoms with Crippen molar-refractivity contribution in [2.24, 2.45) is 0 Å². The average Bonchev–Trinajstić information content (AvgIpc) is 3.13. The van der Waals surface area contributed by atoms with Crippen LogP contribution in [0.1, 0.15) is 36.1 Å². The highest BCUT2D eigenvalue weighted by Crippen LogP contribution is 2.54. The van der Waals surface area contributed by atoms with Crippen LogP contribution in [0.5, 0.6) is 0 Å². The van der Waals surface area contributed by atoms with Crippen LogP contribution < -0.4 is 0 Å². The maximum atomic E-state index is 13.7. The first kappa shape index (κ1) is 21.8. The molecule has 5 heteroatoms. The molecule has 1 aliphatic carbocycles. The van der Waals surface area contributed by atoms with Crippen molar-refractivity contribution in [3.05, 3.63) is 106 Å². The highest BCUT2D eigenvalue weighted by molar-refractivity contribution is 6.31. The summed E-state index contributed by atoms with van der Waals surface area (Å²) in [4.78, 5) is 27.4. The molecule has 3 aromatic carbocycles. The highest BCUT2D eigenvalue weighted by atomic mass is 35.5. The quantitative estimate of drug-likeness (QED) is 0.361. The first-order valence-corrected chi connectivity index (χ1v) is 10.9. The van der Waals surface area contributed by atoms with Gasteiger partial charge in [-0.2, -0.15) is 0 Å². The molecule has 0 saturated heterocycles. The van der Waals surface area contributed by atoms with E-state index in [-0.39, 0.29) is 13.2 Å². The Labute approximate surface area is 192 Å². The largest absolute Gasteiger partial charge is 0.465 e. The van der Waals surface area contributed by atoms with Gasteiger partial charge in [0, 0.05) is 10.6 Å². The molecule has 0 heterocycles. The maximum Gasteiger partial charge on any atom is 0.332 e. The summed E-state index contributed by atoms with van der Waals surface area (Å²) in [6.45, 7) is 3.73. The third kappa shape index (κ3) is 3.41. The summed E-state index contributed by atoms with van der Waals surface area (Å²) >= 11 is 6.15. The number of carbonyl (C=O) groups is 2. The topological polar surface area (TPSA) is 52.6 Å². The van der Waals surface area contributed by atoms with Crippen LogP contribution in [0.4, 0.5) is 0 Å². The van der Waals surface area contributed by atoms with Gasteiger partial charge in [-0.1, -0.05) is 78.3 Å². The van der Waals surface area contributed by atoms with Crippen molar-refractivity contribution in [1.82, 2.24) is 0 Å². The molecule has 0 fully saturated rings. The molecule has 0 N–H and O–H groups in total. The van der Waals surface area contributed by atoms with Gasteiger partial charge in [-0.25, -0.2) is 0 Å². The van der Waals surface area contributed by atoms with E-state index in [9.17, 15) is 9.59 Å². The van der Waals surface area contributed by atoms with Gasteiger partial charge in [0.2, 0.25) is 5.41 Å². The molecule has 0 radical (unpaired) electrons. The minimum absolute atomic E-state index is 0.139. The van der Waals surface area contributed by atoms with E-state index in [1.54, 1.807) is 32.0 Å². The van der Waals surface area contributed by atoms with Gasteiger partial charge in [-0.3, -0.25) is 9.59 Å². The fourth-order valence-corrected chi connectivity index (χ4v) is 4.48. The number of fused-ring (bicyclic) bond motifs is 1. The highest BCUT2D eigenvalue weighted by Gasteiger charge is 2.59. The van der Waals surface area contributed by atoms with Crippen LogP contribution in [0.2, 0.25) is 5.02 Å². The predicted molar refractivity (Wildman–Crippen MR) is 125 cm³/mol. The molecule has 4 nitrogen and oxygen atoms in total. The second kappa shape index (κ2) is 9.01. The van der Waals surface area contributed by atoms with Crippen LogP contribution in [-0.2, 0) is 24.5 Å². The normalized spacial score (nSPS) is 14.1. The van der Waals surface area contributed by atoms with Gasteiger partial charge in [-0.05, 0) is 53.8 Å². The minimum atomic E-state index is -1.74. The van der Waals surface area contributed by atoms with Crippen molar-refractivity contribution in [3.63, 3.8) is 0 Å². The monoisotopic (exact) mass is 446 g/mol. The fraction of sp³-hybridized carbons (Fsp3) is 0.185. The zero-order chi connectivity index (χ0) is 22.7. The third-order valence-electron chi connectivity index (χ3n) is 5.58. The number of benzene rings is 3. The van der Waals surface area contributed by atoms with E-state index in [2.05, 4.69) is 0 Å². The van der Waals surface area contributed by atoms with Crippen molar-refractivity contribution in [3.8, 4) is 0 Å².